The summed E-state index contributed by atoms with van der Waals surface area (Å²) in [6.07, 6.45) is 0. The van der Waals surface area contributed by atoms with Crippen LogP contribution in [0.4, 0.5) is 0 Å². The van der Waals surface area contributed by atoms with Crippen molar-refractivity contribution < 1.29 is 0 Å². The first kappa shape index (κ1) is 20.8. The van der Waals surface area contributed by atoms with Crippen LogP contribution in [0.1, 0.15) is 0 Å². The Balaban J connectivity index is 0. The fourth-order valence-corrected chi connectivity index (χ4v) is 5.87. The molecule has 0 amide bonds. The van der Waals surface area contributed by atoms with Gasteiger partial charge in [0.2, 0.25) is 0 Å². The molecule has 0 aliphatic carbocycles. The van der Waals surface area contributed by atoms with E-state index in [2.05, 4.69) is 6.58 Å². The molecular weight excluding hydrogens is 412 g/mol. The highest BCUT2D eigenvalue weighted by atomic mass is 35.8. The molecule has 0 atom stereocenters. The summed E-state index contributed by atoms with van der Waals surface area (Å²) >= 11 is 43.6. The summed E-state index contributed by atoms with van der Waals surface area (Å²) in [4.78, 5) is 0. The molecule has 0 aliphatic heterocycles. The van der Waals surface area contributed by atoms with Crippen LogP contribution in [0.25, 0.3) is 0 Å². The highest BCUT2D eigenvalue weighted by Gasteiger charge is 2.25. The summed E-state index contributed by atoms with van der Waals surface area (Å²) in [5, 5.41) is 0. The minimum Gasteiger partial charge on any atom is -0.127 e. The van der Waals surface area contributed by atoms with Crippen molar-refractivity contribution in [2.24, 2.45) is 0 Å². The maximum Gasteiger partial charge on any atom is 0.345 e. The molecule has 0 unspecified atom stereocenters. The first-order valence-electron chi connectivity index (χ1n) is 3.94. The van der Waals surface area contributed by atoms with E-state index in [0.717, 1.165) is 5.57 Å². The van der Waals surface area contributed by atoms with Crippen LogP contribution in [0.5, 0.6) is 0 Å². The van der Waals surface area contributed by atoms with Gasteiger partial charge >= 0.3 is 12.0 Å². The Bertz CT molecular complexity index is 196. The maximum atomic E-state index is 5.56. The van der Waals surface area contributed by atoms with E-state index in [0.29, 0.717) is 23.8 Å². The van der Waals surface area contributed by atoms with Crippen LogP contribution in [0.15, 0.2) is 12.2 Å². The molecule has 98 valence electrons. The topological polar surface area (TPSA) is 0 Å². The average molecular weight is 422 g/mol. The average Bonchev–Trinajstić information content (AvgIpc) is 1.99. The molecule has 0 rings (SSSR count). The molecule has 0 aromatic heterocycles. The van der Waals surface area contributed by atoms with Crippen molar-refractivity contribution in [3.05, 3.63) is 12.2 Å². The number of hydrogen-bond donors (Lipinski definition) is 0. The third kappa shape index (κ3) is 21.7. The maximum absolute atomic E-state index is 5.56. The molecule has 0 aromatic carbocycles. The van der Waals surface area contributed by atoms with Crippen molar-refractivity contribution >= 4 is 102 Å². The summed E-state index contributed by atoms with van der Waals surface area (Å²) in [5.41, 5.74) is 0.795. The highest BCUT2D eigenvalue weighted by molar-refractivity contribution is 7.65. The molecule has 0 fully saturated rings. The second-order valence-corrected chi connectivity index (χ2v) is 21.8. The Hall–Kier alpha value is 2.49. The van der Waals surface area contributed by atoms with Crippen molar-refractivity contribution in [3.8, 4) is 0 Å². The Morgan fingerprint density at radius 1 is 0.875 bits per heavy atom. The lowest BCUT2D eigenvalue weighted by Crippen LogP contribution is -2.09. The minimum atomic E-state index is -2.51. The lowest BCUT2D eigenvalue weighted by Gasteiger charge is -2.06. The molecule has 16 heavy (non-hydrogen) atoms. The number of halogens is 8. The number of hydrogen-bond acceptors (Lipinski definition) is 0. The van der Waals surface area contributed by atoms with Gasteiger partial charge in [0, 0.05) is 17.8 Å². The van der Waals surface area contributed by atoms with E-state index in [1.54, 1.807) is 0 Å². The van der Waals surface area contributed by atoms with Gasteiger partial charge in [0.25, 0.3) is 0 Å². The predicted molar refractivity (Wildman–Crippen MR) is 86.8 cm³/mol. The highest BCUT2D eigenvalue weighted by Crippen LogP contribution is 2.28. The summed E-state index contributed by atoms with van der Waals surface area (Å²) in [6, 6.07) is -3.88. The van der Waals surface area contributed by atoms with Crippen molar-refractivity contribution in [3.63, 3.8) is 0 Å². The molecule has 0 heterocycles. The first-order valence-corrected chi connectivity index (χ1v) is 15.5. The Kier molecular flexibility index (Phi) is 13.4. The van der Waals surface area contributed by atoms with Crippen LogP contribution in [-0.4, -0.2) is 23.8 Å². The van der Waals surface area contributed by atoms with Gasteiger partial charge in [-0.15, -0.1) is 89.7 Å². The zero-order valence-electron chi connectivity index (χ0n) is 8.06. The van der Waals surface area contributed by atoms with Gasteiger partial charge in [0.15, 0.2) is 0 Å². The molecule has 0 nitrogen and oxygen atoms in total. The number of alkyl halides is 2. The van der Waals surface area contributed by atoms with Crippen molar-refractivity contribution in [2.45, 2.75) is 12.1 Å². The van der Waals surface area contributed by atoms with Crippen LogP contribution < -0.4 is 0 Å². The van der Waals surface area contributed by atoms with Crippen molar-refractivity contribution in [2.75, 3.05) is 11.8 Å². The van der Waals surface area contributed by atoms with E-state index in [4.69, 9.17) is 89.7 Å². The lowest BCUT2D eigenvalue weighted by atomic mass is 10.4. The van der Waals surface area contributed by atoms with Crippen LogP contribution in [0.2, 0.25) is 12.1 Å². The van der Waals surface area contributed by atoms with Gasteiger partial charge < -0.3 is 0 Å². The molecule has 0 aliphatic rings. The van der Waals surface area contributed by atoms with Gasteiger partial charge in [-0.25, -0.2) is 0 Å². The van der Waals surface area contributed by atoms with Crippen molar-refractivity contribution in [1.29, 1.82) is 0 Å². The summed E-state index contributed by atoms with van der Waals surface area (Å²) < 4.78 is 0. The standard InChI is InChI=1S/C4H6Cl4Si.C2H4Cl4Si/c1-4(2-5)3-9(6,7)8;3-1-2-7(4,5)6/h1-3H2;1-2H2. The van der Waals surface area contributed by atoms with Gasteiger partial charge in [0.05, 0.1) is 0 Å². The normalized spacial score (nSPS) is 11.8. The van der Waals surface area contributed by atoms with Crippen LogP contribution >= 0.6 is 89.7 Å². The third-order valence-corrected chi connectivity index (χ3v) is 6.52. The number of rotatable bonds is 5. The minimum absolute atomic E-state index is 0.376. The Morgan fingerprint density at radius 2 is 1.31 bits per heavy atom. The second-order valence-electron chi connectivity index (χ2n) is 2.73. The van der Waals surface area contributed by atoms with Crippen LogP contribution in [0, 0.1) is 0 Å². The summed E-state index contributed by atoms with van der Waals surface area (Å²) in [5.74, 6) is 0.823. The largest absolute Gasteiger partial charge is 0.345 e. The van der Waals surface area contributed by atoms with Gasteiger partial charge in [-0.3, -0.25) is 0 Å². The summed E-state index contributed by atoms with van der Waals surface area (Å²) in [6.45, 7) is 3.61. The van der Waals surface area contributed by atoms with E-state index >= 15 is 0 Å². The molecule has 0 radical (unpaired) electrons. The Morgan fingerprint density at radius 3 is 1.38 bits per heavy atom. The predicted octanol–water partition coefficient (Wildman–Crippen LogP) is 6.32. The fraction of sp³-hybridized carbons (Fsp3) is 0.667. The molecule has 10 heteroatoms. The molecule has 0 N–H and O–H groups in total. The van der Waals surface area contributed by atoms with Gasteiger partial charge in [-0.2, -0.15) is 0 Å². The van der Waals surface area contributed by atoms with E-state index in [1.807, 2.05) is 0 Å². The fourth-order valence-electron chi connectivity index (χ4n) is 0.438. The van der Waals surface area contributed by atoms with E-state index < -0.39 is 12.0 Å². The van der Waals surface area contributed by atoms with E-state index in [9.17, 15) is 0 Å². The zero-order valence-corrected chi connectivity index (χ0v) is 16.1. The number of allylic oxidation sites excluding steroid dienone is 1. The van der Waals surface area contributed by atoms with Gasteiger partial charge in [0.1, 0.15) is 0 Å². The molecular formula is C6H10Cl8Si2. The smallest absolute Gasteiger partial charge is 0.127 e. The lowest BCUT2D eigenvalue weighted by molar-refractivity contribution is 1.40. The van der Waals surface area contributed by atoms with E-state index in [1.165, 1.54) is 0 Å². The summed E-state index contributed by atoms with van der Waals surface area (Å²) in [7, 11) is 0. The third-order valence-electron chi connectivity index (χ3n) is 1.02. The molecule has 0 aromatic rings. The molecule has 0 saturated carbocycles. The molecule has 0 bridgehead atoms. The zero-order chi connectivity index (χ0) is 13.4. The Labute approximate surface area is 136 Å². The molecule has 0 spiro atoms. The SMILES string of the molecule is C=C(CCl)C[Si](Cl)(Cl)Cl.ClCC[Si](Cl)(Cl)Cl. The van der Waals surface area contributed by atoms with Crippen LogP contribution in [-0.2, 0) is 0 Å². The van der Waals surface area contributed by atoms with Gasteiger partial charge in [-0.05, 0) is 6.04 Å². The quantitative estimate of drug-likeness (QED) is 0.211. The van der Waals surface area contributed by atoms with Crippen molar-refractivity contribution in [1.82, 2.24) is 0 Å². The monoisotopic (exact) mass is 418 g/mol. The van der Waals surface area contributed by atoms with Gasteiger partial charge in [-0.1, -0.05) is 12.2 Å². The first-order chi connectivity index (χ1) is 7.02. The van der Waals surface area contributed by atoms with E-state index in [-0.39, 0.29) is 0 Å². The second kappa shape index (κ2) is 10.3. The molecule has 0 saturated heterocycles. The van der Waals surface area contributed by atoms with Crippen LogP contribution in [0.3, 0.4) is 0 Å².